The summed E-state index contributed by atoms with van der Waals surface area (Å²) < 4.78 is 5.78. The Morgan fingerprint density at radius 2 is 1.78 bits per heavy atom. The van der Waals surface area contributed by atoms with Gasteiger partial charge in [-0.15, -0.1) is 0 Å². The van der Waals surface area contributed by atoms with Crippen molar-refractivity contribution in [1.82, 2.24) is 5.32 Å². The predicted octanol–water partition coefficient (Wildman–Crippen LogP) is 3.59. The van der Waals surface area contributed by atoms with Gasteiger partial charge in [0.2, 0.25) is 5.91 Å². The minimum absolute atomic E-state index is 0.0342. The summed E-state index contributed by atoms with van der Waals surface area (Å²) in [6.07, 6.45) is 0. The lowest BCUT2D eigenvalue weighted by Gasteiger charge is -2.20. The third kappa shape index (κ3) is 6.43. The lowest BCUT2D eigenvalue weighted by Crippen LogP contribution is -2.43. The highest BCUT2D eigenvalue weighted by molar-refractivity contribution is 5.81. The molecule has 0 aliphatic rings. The van der Waals surface area contributed by atoms with E-state index in [0.29, 0.717) is 6.61 Å². The zero-order valence-corrected chi connectivity index (χ0v) is 13.9. The molecule has 0 atom stereocenters. The van der Waals surface area contributed by atoms with Gasteiger partial charge in [0.15, 0.2) is 0 Å². The summed E-state index contributed by atoms with van der Waals surface area (Å²) in [6, 6.07) is 17.6. The van der Waals surface area contributed by atoms with Gasteiger partial charge in [-0.3, -0.25) is 4.79 Å². The van der Waals surface area contributed by atoms with Crippen LogP contribution in [0.1, 0.15) is 26.3 Å². The molecule has 0 spiro atoms. The van der Waals surface area contributed by atoms with Crippen molar-refractivity contribution in [3.05, 3.63) is 60.2 Å². The Morgan fingerprint density at radius 3 is 2.48 bits per heavy atom. The van der Waals surface area contributed by atoms with E-state index in [1.807, 2.05) is 75.4 Å². The summed E-state index contributed by atoms with van der Waals surface area (Å²) in [5.74, 6) is 0.739. The van der Waals surface area contributed by atoms with E-state index in [0.717, 1.165) is 17.0 Å². The minimum atomic E-state index is -0.223. The number of anilines is 1. The smallest absolute Gasteiger partial charge is 0.239 e. The number of nitrogens with one attached hydrogen (secondary N) is 2. The van der Waals surface area contributed by atoms with Gasteiger partial charge in [-0.25, -0.2) is 0 Å². The van der Waals surface area contributed by atoms with E-state index in [1.54, 1.807) is 0 Å². The molecule has 0 unspecified atom stereocenters. The van der Waals surface area contributed by atoms with E-state index in [2.05, 4.69) is 10.6 Å². The van der Waals surface area contributed by atoms with Gasteiger partial charge in [0.1, 0.15) is 12.4 Å². The van der Waals surface area contributed by atoms with E-state index >= 15 is 0 Å². The van der Waals surface area contributed by atoms with Gasteiger partial charge in [0, 0.05) is 17.3 Å². The Labute approximate surface area is 137 Å². The third-order valence-electron chi connectivity index (χ3n) is 3.05. The zero-order chi connectivity index (χ0) is 16.7. The molecule has 2 aromatic rings. The molecular formula is C19H24N2O2. The number of ether oxygens (including phenoxy) is 1. The minimum Gasteiger partial charge on any atom is -0.489 e. The Balaban J connectivity index is 1.86. The summed E-state index contributed by atoms with van der Waals surface area (Å²) in [4.78, 5) is 11.8. The fraction of sp³-hybridized carbons (Fsp3) is 0.316. The number of hydrogen-bond donors (Lipinski definition) is 2. The molecule has 122 valence electrons. The molecule has 4 nitrogen and oxygen atoms in total. The second-order valence-corrected chi connectivity index (χ2v) is 6.45. The van der Waals surface area contributed by atoms with E-state index in [9.17, 15) is 4.79 Å². The van der Waals surface area contributed by atoms with Crippen LogP contribution in [0.4, 0.5) is 5.69 Å². The van der Waals surface area contributed by atoms with Crippen LogP contribution in [0.2, 0.25) is 0 Å². The second-order valence-electron chi connectivity index (χ2n) is 6.45. The van der Waals surface area contributed by atoms with Gasteiger partial charge in [0.25, 0.3) is 0 Å². The fourth-order valence-electron chi connectivity index (χ4n) is 2.08. The Bertz CT molecular complexity index is 633. The molecule has 2 rings (SSSR count). The molecule has 0 fully saturated rings. The van der Waals surface area contributed by atoms with Crippen LogP contribution in [-0.4, -0.2) is 18.0 Å². The van der Waals surface area contributed by atoms with E-state index in [-0.39, 0.29) is 18.0 Å². The van der Waals surface area contributed by atoms with Gasteiger partial charge in [-0.1, -0.05) is 36.4 Å². The van der Waals surface area contributed by atoms with Crippen molar-refractivity contribution in [3.8, 4) is 5.75 Å². The quantitative estimate of drug-likeness (QED) is 0.857. The van der Waals surface area contributed by atoms with E-state index in [1.165, 1.54) is 0 Å². The van der Waals surface area contributed by atoms with E-state index < -0.39 is 0 Å². The number of carbonyl (C=O) groups excluding carboxylic acids is 1. The molecular weight excluding hydrogens is 288 g/mol. The van der Waals surface area contributed by atoms with Crippen LogP contribution in [0, 0.1) is 0 Å². The van der Waals surface area contributed by atoms with Crippen LogP contribution in [0.15, 0.2) is 54.6 Å². The van der Waals surface area contributed by atoms with Crippen molar-refractivity contribution in [2.45, 2.75) is 32.9 Å². The molecule has 0 saturated carbocycles. The van der Waals surface area contributed by atoms with Crippen molar-refractivity contribution in [2.24, 2.45) is 0 Å². The van der Waals surface area contributed by atoms with Crippen molar-refractivity contribution in [3.63, 3.8) is 0 Å². The highest BCUT2D eigenvalue weighted by atomic mass is 16.5. The number of rotatable bonds is 6. The van der Waals surface area contributed by atoms with Crippen molar-refractivity contribution in [1.29, 1.82) is 0 Å². The normalized spacial score (nSPS) is 10.9. The molecule has 0 saturated heterocycles. The van der Waals surface area contributed by atoms with Crippen molar-refractivity contribution in [2.75, 3.05) is 11.9 Å². The van der Waals surface area contributed by atoms with Gasteiger partial charge in [-0.05, 0) is 38.5 Å². The van der Waals surface area contributed by atoms with Crippen LogP contribution in [-0.2, 0) is 11.4 Å². The maximum absolute atomic E-state index is 11.8. The predicted molar refractivity (Wildman–Crippen MR) is 93.6 cm³/mol. The monoisotopic (exact) mass is 312 g/mol. The first-order valence-corrected chi connectivity index (χ1v) is 7.74. The standard InChI is InChI=1S/C19H24N2O2/c1-19(2,3)21-18(22)13-20-16-10-7-11-17(12-16)23-14-15-8-5-4-6-9-15/h4-12,20H,13-14H2,1-3H3,(H,21,22). The number of benzene rings is 2. The van der Waals surface area contributed by atoms with E-state index in [4.69, 9.17) is 4.74 Å². The van der Waals surface area contributed by atoms with Crippen LogP contribution in [0.5, 0.6) is 5.75 Å². The molecule has 0 bridgehead atoms. The van der Waals surface area contributed by atoms with Gasteiger partial charge in [0.05, 0.1) is 6.54 Å². The number of amides is 1. The average molecular weight is 312 g/mol. The largest absolute Gasteiger partial charge is 0.489 e. The first-order chi connectivity index (χ1) is 10.9. The number of hydrogen-bond acceptors (Lipinski definition) is 3. The van der Waals surface area contributed by atoms with Crippen LogP contribution in [0.3, 0.4) is 0 Å². The second kappa shape index (κ2) is 7.68. The lowest BCUT2D eigenvalue weighted by atomic mass is 10.1. The highest BCUT2D eigenvalue weighted by Crippen LogP contribution is 2.18. The maximum atomic E-state index is 11.8. The molecule has 0 aliphatic heterocycles. The average Bonchev–Trinajstić information content (AvgIpc) is 2.51. The molecule has 0 heterocycles. The lowest BCUT2D eigenvalue weighted by molar-refractivity contribution is -0.120. The van der Waals surface area contributed by atoms with Crippen LogP contribution >= 0.6 is 0 Å². The first-order valence-electron chi connectivity index (χ1n) is 7.74. The Morgan fingerprint density at radius 1 is 1.04 bits per heavy atom. The summed E-state index contributed by atoms with van der Waals surface area (Å²) in [7, 11) is 0. The topological polar surface area (TPSA) is 50.4 Å². The number of carbonyl (C=O) groups is 1. The summed E-state index contributed by atoms with van der Waals surface area (Å²) in [5, 5.41) is 6.03. The molecule has 2 aromatic carbocycles. The SMILES string of the molecule is CC(C)(C)NC(=O)CNc1cccc(OCc2ccccc2)c1. The van der Waals surface area contributed by atoms with Crippen LogP contribution in [0.25, 0.3) is 0 Å². The molecule has 2 N–H and O–H groups in total. The summed E-state index contributed by atoms with van der Waals surface area (Å²) in [5.41, 5.74) is 1.76. The highest BCUT2D eigenvalue weighted by Gasteiger charge is 2.13. The Hall–Kier alpha value is -2.49. The molecule has 0 radical (unpaired) electrons. The molecule has 4 heteroatoms. The molecule has 0 aromatic heterocycles. The zero-order valence-electron chi connectivity index (χ0n) is 13.9. The van der Waals surface area contributed by atoms with Gasteiger partial charge >= 0.3 is 0 Å². The molecule has 23 heavy (non-hydrogen) atoms. The van der Waals surface area contributed by atoms with Crippen LogP contribution < -0.4 is 15.4 Å². The maximum Gasteiger partial charge on any atom is 0.239 e. The van der Waals surface area contributed by atoms with Gasteiger partial charge < -0.3 is 15.4 Å². The first kappa shape index (κ1) is 16.9. The fourth-order valence-corrected chi connectivity index (χ4v) is 2.08. The van der Waals surface area contributed by atoms with Crippen molar-refractivity contribution >= 4 is 11.6 Å². The van der Waals surface area contributed by atoms with Crippen molar-refractivity contribution < 1.29 is 9.53 Å². The molecule has 1 amide bonds. The summed E-state index contributed by atoms with van der Waals surface area (Å²) in [6.45, 7) is 6.64. The summed E-state index contributed by atoms with van der Waals surface area (Å²) >= 11 is 0. The van der Waals surface area contributed by atoms with Gasteiger partial charge in [-0.2, -0.15) is 0 Å². The Kier molecular flexibility index (Phi) is 5.63. The third-order valence-corrected chi connectivity index (χ3v) is 3.05. The molecule has 0 aliphatic carbocycles.